The Labute approximate surface area is 141 Å². The Kier molecular flexibility index (Phi) is 4.75. The Balaban J connectivity index is 1.66. The number of carbonyl (C=O) groups excluding carboxylic acids is 2. The lowest BCUT2D eigenvalue weighted by Gasteiger charge is -2.07. The Morgan fingerprint density at radius 1 is 1.00 bits per heavy atom. The first-order valence-electron chi connectivity index (χ1n) is 8.04. The van der Waals surface area contributed by atoms with Crippen LogP contribution in [0.4, 0.5) is 0 Å². The second kappa shape index (κ2) is 7.13. The molecule has 1 N–H and O–H groups in total. The summed E-state index contributed by atoms with van der Waals surface area (Å²) >= 11 is 0. The van der Waals surface area contributed by atoms with E-state index in [0.29, 0.717) is 12.1 Å². The van der Waals surface area contributed by atoms with Crippen molar-refractivity contribution in [3.63, 3.8) is 0 Å². The number of hydrogen-bond acceptors (Lipinski definition) is 2. The highest BCUT2D eigenvalue weighted by atomic mass is 16.2. The third-order valence-electron chi connectivity index (χ3n) is 4.06. The van der Waals surface area contributed by atoms with Crippen molar-refractivity contribution in [2.45, 2.75) is 19.9 Å². The summed E-state index contributed by atoms with van der Waals surface area (Å²) in [5.74, 6) is -0.0452. The topological polar surface area (TPSA) is 51.1 Å². The molecule has 1 heterocycles. The van der Waals surface area contributed by atoms with E-state index in [1.807, 2.05) is 59.2 Å². The molecule has 122 valence electrons. The molecular weight excluding hydrogens is 300 g/mol. The van der Waals surface area contributed by atoms with E-state index in [1.54, 1.807) is 13.1 Å². The summed E-state index contributed by atoms with van der Waals surface area (Å²) in [6.07, 6.45) is 2.57. The van der Waals surface area contributed by atoms with E-state index in [2.05, 4.69) is 5.32 Å². The minimum atomic E-state index is -0.0539. The highest BCUT2D eigenvalue weighted by Crippen LogP contribution is 2.21. The molecule has 0 aliphatic rings. The van der Waals surface area contributed by atoms with E-state index < -0.39 is 0 Å². The number of benzene rings is 2. The van der Waals surface area contributed by atoms with Gasteiger partial charge in [-0.25, -0.2) is 0 Å². The van der Waals surface area contributed by atoms with Crippen LogP contribution in [0.3, 0.4) is 0 Å². The third-order valence-corrected chi connectivity index (χ3v) is 4.06. The van der Waals surface area contributed by atoms with Gasteiger partial charge in [-0.3, -0.25) is 9.59 Å². The van der Waals surface area contributed by atoms with Crippen molar-refractivity contribution in [1.29, 1.82) is 0 Å². The average molecular weight is 320 g/mol. The first kappa shape index (κ1) is 16.0. The van der Waals surface area contributed by atoms with E-state index in [0.717, 1.165) is 17.3 Å². The first-order chi connectivity index (χ1) is 11.6. The van der Waals surface area contributed by atoms with E-state index in [1.165, 1.54) is 5.56 Å². The maximum atomic E-state index is 12.2. The number of nitrogens with zero attached hydrogens (tertiary/aromatic N) is 1. The molecule has 0 saturated carbocycles. The molecule has 0 fully saturated rings. The second-order valence-corrected chi connectivity index (χ2v) is 5.83. The van der Waals surface area contributed by atoms with E-state index in [4.69, 9.17) is 0 Å². The molecule has 4 nitrogen and oxygen atoms in total. The van der Waals surface area contributed by atoms with Crippen LogP contribution >= 0.6 is 0 Å². The number of para-hydroxylation sites is 1. The average Bonchev–Trinajstić information content (AvgIpc) is 2.95. The van der Waals surface area contributed by atoms with Gasteiger partial charge in [-0.15, -0.1) is 0 Å². The summed E-state index contributed by atoms with van der Waals surface area (Å²) in [6.45, 7) is 2.36. The maximum Gasteiger partial charge on any atom is 0.239 e. The van der Waals surface area contributed by atoms with Gasteiger partial charge in [0.1, 0.15) is 6.54 Å². The zero-order chi connectivity index (χ0) is 16.9. The molecule has 0 bridgehead atoms. The van der Waals surface area contributed by atoms with E-state index >= 15 is 0 Å². The van der Waals surface area contributed by atoms with Gasteiger partial charge in [-0.2, -0.15) is 0 Å². The van der Waals surface area contributed by atoms with Crippen molar-refractivity contribution in [2.24, 2.45) is 0 Å². The number of hydrogen-bond donors (Lipinski definition) is 1. The number of ketones is 1. The predicted molar refractivity (Wildman–Crippen MR) is 95.1 cm³/mol. The van der Waals surface area contributed by atoms with Crippen LogP contribution in [0.25, 0.3) is 10.9 Å². The molecular formula is C20H20N2O2. The number of Topliss-reactive ketones (excluding diaryl/α,β-unsaturated/α-hetero) is 1. The largest absolute Gasteiger partial charge is 0.354 e. The Hall–Kier alpha value is -2.88. The molecule has 0 radical (unpaired) electrons. The van der Waals surface area contributed by atoms with Gasteiger partial charge in [0.25, 0.3) is 0 Å². The van der Waals surface area contributed by atoms with Crippen LogP contribution in [0.15, 0.2) is 60.8 Å². The quantitative estimate of drug-likeness (QED) is 0.709. The lowest BCUT2D eigenvalue weighted by molar-refractivity contribution is -0.121. The first-order valence-corrected chi connectivity index (χ1v) is 8.04. The number of carbonyl (C=O) groups is 2. The molecule has 0 aliphatic carbocycles. The number of nitrogens with one attached hydrogen (secondary N) is 1. The van der Waals surface area contributed by atoms with Crippen molar-refractivity contribution in [1.82, 2.24) is 9.88 Å². The van der Waals surface area contributed by atoms with Crippen LogP contribution in [-0.2, 0) is 17.8 Å². The number of amides is 1. The monoisotopic (exact) mass is 320 g/mol. The number of rotatable bonds is 6. The minimum absolute atomic E-state index is 0.00874. The van der Waals surface area contributed by atoms with Gasteiger partial charge in [0.05, 0.1) is 0 Å². The second-order valence-electron chi connectivity index (χ2n) is 5.83. The predicted octanol–water partition coefficient (Wildman–Crippen LogP) is 3.20. The van der Waals surface area contributed by atoms with Crippen molar-refractivity contribution >= 4 is 22.6 Å². The molecule has 0 unspecified atom stereocenters. The lowest BCUT2D eigenvalue weighted by atomic mass is 10.1. The minimum Gasteiger partial charge on any atom is -0.354 e. The van der Waals surface area contributed by atoms with Crippen molar-refractivity contribution in [3.8, 4) is 0 Å². The Morgan fingerprint density at radius 3 is 2.46 bits per heavy atom. The van der Waals surface area contributed by atoms with Crippen molar-refractivity contribution in [2.75, 3.05) is 6.54 Å². The van der Waals surface area contributed by atoms with Crippen LogP contribution in [-0.4, -0.2) is 22.8 Å². The van der Waals surface area contributed by atoms with Gasteiger partial charge in [0.2, 0.25) is 5.91 Å². The van der Waals surface area contributed by atoms with Crippen LogP contribution < -0.4 is 5.32 Å². The van der Waals surface area contributed by atoms with Gasteiger partial charge in [-0.1, -0.05) is 48.5 Å². The Morgan fingerprint density at radius 2 is 1.71 bits per heavy atom. The molecule has 0 atom stereocenters. The molecule has 0 saturated heterocycles. The van der Waals surface area contributed by atoms with Crippen molar-refractivity contribution < 1.29 is 9.59 Å². The van der Waals surface area contributed by atoms with E-state index in [-0.39, 0.29) is 18.2 Å². The number of fused-ring (bicyclic) bond motifs is 1. The third kappa shape index (κ3) is 3.54. The fourth-order valence-corrected chi connectivity index (χ4v) is 2.86. The molecule has 1 amide bonds. The van der Waals surface area contributed by atoms with Crippen LogP contribution in [0.1, 0.15) is 22.8 Å². The van der Waals surface area contributed by atoms with Gasteiger partial charge in [0, 0.05) is 29.2 Å². The van der Waals surface area contributed by atoms with Gasteiger partial charge < -0.3 is 9.88 Å². The standard InChI is InChI=1S/C20H20N2O2/c1-15(23)18-13-22(19-10-6-5-9-17(18)19)14-20(24)21-12-11-16-7-3-2-4-8-16/h2-10,13H,11-12,14H2,1H3,(H,21,24). The SMILES string of the molecule is CC(=O)c1cn(CC(=O)NCCc2ccccc2)c2ccccc12. The summed E-state index contributed by atoms with van der Waals surface area (Å²) in [5.41, 5.74) is 2.76. The van der Waals surface area contributed by atoms with Crippen LogP contribution in [0, 0.1) is 0 Å². The lowest BCUT2D eigenvalue weighted by Crippen LogP contribution is -2.29. The summed E-state index contributed by atoms with van der Waals surface area (Å²) in [6, 6.07) is 17.7. The zero-order valence-corrected chi connectivity index (χ0v) is 13.7. The molecule has 2 aromatic carbocycles. The summed E-state index contributed by atoms with van der Waals surface area (Å²) in [5, 5.41) is 3.83. The maximum absolute atomic E-state index is 12.2. The summed E-state index contributed by atoms with van der Waals surface area (Å²) < 4.78 is 1.84. The normalized spacial score (nSPS) is 10.7. The van der Waals surface area contributed by atoms with Crippen molar-refractivity contribution in [3.05, 3.63) is 71.9 Å². The molecule has 3 rings (SSSR count). The molecule has 0 spiro atoms. The molecule has 24 heavy (non-hydrogen) atoms. The van der Waals surface area contributed by atoms with Crippen LogP contribution in [0.2, 0.25) is 0 Å². The summed E-state index contributed by atoms with van der Waals surface area (Å²) in [7, 11) is 0. The molecule has 0 aliphatic heterocycles. The van der Waals surface area contributed by atoms with Gasteiger partial charge in [-0.05, 0) is 25.0 Å². The number of aromatic nitrogens is 1. The smallest absolute Gasteiger partial charge is 0.239 e. The fourth-order valence-electron chi connectivity index (χ4n) is 2.86. The summed E-state index contributed by atoms with van der Waals surface area (Å²) in [4.78, 5) is 24.0. The molecule has 3 aromatic rings. The zero-order valence-electron chi connectivity index (χ0n) is 13.7. The van der Waals surface area contributed by atoms with E-state index in [9.17, 15) is 9.59 Å². The highest BCUT2D eigenvalue weighted by molar-refractivity contribution is 6.07. The van der Waals surface area contributed by atoms with Gasteiger partial charge in [0.15, 0.2) is 5.78 Å². The Bertz CT molecular complexity index is 866. The highest BCUT2D eigenvalue weighted by Gasteiger charge is 2.13. The van der Waals surface area contributed by atoms with Crippen LogP contribution in [0.5, 0.6) is 0 Å². The fraction of sp³-hybridized carbons (Fsp3) is 0.200. The molecule has 4 heteroatoms. The molecule has 1 aromatic heterocycles. The van der Waals surface area contributed by atoms with Gasteiger partial charge >= 0.3 is 0 Å².